The Balaban J connectivity index is 2.00. The van der Waals surface area contributed by atoms with Crippen molar-refractivity contribution in [2.45, 2.75) is 12.8 Å². The molecule has 1 aromatic rings. The van der Waals surface area contributed by atoms with Gasteiger partial charge in [-0.25, -0.2) is 4.39 Å². The first-order valence-electron chi connectivity index (χ1n) is 6.62. The van der Waals surface area contributed by atoms with E-state index in [0.29, 0.717) is 24.7 Å². The number of halogens is 1. The van der Waals surface area contributed by atoms with Crippen LogP contribution in [0.3, 0.4) is 0 Å². The molecule has 20 heavy (non-hydrogen) atoms. The van der Waals surface area contributed by atoms with Crippen LogP contribution in [0.15, 0.2) is 35.7 Å². The van der Waals surface area contributed by atoms with Crippen LogP contribution in [0, 0.1) is 0 Å². The molecule has 0 atom stereocenters. The van der Waals surface area contributed by atoms with Gasteiger partial charge in [0.25, 0.3) is 5.91 Å². The highest BCUT2D eigenvalue weighted by molar-refractivity contribution is 6.01. The highest BCUT2D eigenvalue weighted by atomic mass is 19.1. The quantitative estimate of drug-likeness (QED) is 0.825. The maximum absolute atomic E-state index is 13.9. The molecular formula is C15H17FN2O2. The molecule has 4 nitrogen and oxygen atoms in total. The van der Waals surface area contributed by atoms with Crippen LogP contribution in [0.4, 0.5) is 4.39 Å². The number of aldehydes is 1. The summed E-state index contributed by atoms with van der Waals surface area (Å²) in [5, 5.41) is 5.67. The summed E-state index contributed by atoms with van der Waals surface area (Å²) in [5.74, 6) is -0.708. The lowest BCUT2D eigenvalue weighted by Gasteiger charge is -2.16. The van der Waals surface area contributed by atoms with Gasteiger partial charge in [0, 0.05) is 11.1 Å². The summed E-state index contributed by atoms with van der Waals surface area (Å²) in [6.07, 6.45) is 1.97. The number of piperidine rings is 1. The van der Waals surface area contributed by atoms with Gasteiger partial charge in [-0.2, -0.15) is 0 Å². The maximum atomic E-state index is 13.9. The lowest BCUT2D eigenvalue weighted by molar-refractivity contribution is 0.0949. The summed E-state index contributed by atoms with van der Waals surface area (Å²) in [5.41, 5.74) is 1.33. The first-order chi connectivity index (χ1) is 9.72. The van der Waals surface area contributed by atoms with E-state index in [0.717, 1.165) is 18.7 Å². The molecule has 1 aliphatic heterocycles. The van der Waals surface area contributed by atoms with Crippen LogP contribution in [0.5, 0.6) is 0 Å². The number of benzene rings is 1. The normalized spacial score (nSPS) is 14.8. The van der Waals surface area contributed by atoms with E-state index in [9.17, 15) is 14.0 Å². The highest BCUT2D eigenvalue weighted by Crippen LogP contribution is 2.16. The van der Waals surface area contributed by atoms with Crippen LogP contribution in [-0.2, 0) is 0 Å². The van der Waals surface area contributed by atoms with Gasteiger partial charge in [0.1, 0.15) is 5.83 Å². The maximum Gasteiger partial charge on any atom is 0.252 e. The van der Waals surface area contributed by atoms with Crippen LogP contribution < -0.4 is 10.6 Å². The van der Waals surface area contributed by atoms with Crippen molar-refractivity contribution in [3.05, 3.63) is 46.8 Å². The molecule has 106 valence electrons. The third-order valence-electron chi connectivity index (χ3n) is 3.33. The van der Waals surface area contributed by atoms with Crippen molar-refractivity contribution in [3.63, 3.8) is 0 Å². The molecule has 0 radical (unpaired) electrons. The molecule has 5 heteroatoms. The van der Waals surface area contributed by atoms with Gasteiger partial charge < -0.3 is 10.6 Å². The lowest BCUT2D eigenvalue weighted by Crippen LogP contribution is -2.28. The second-order valence-electron chi connectivity index (χ2n) is 4.65. The van der Waals surface area contributed by atoms with Crippen molar-refractivity contribution < 1.29 is 14.0 Å². The van der Waals surface area contributed by atoms with Gasteiger partial charge in [0.15, 0.2) is 6.29 Å². The van der Waals surface area contributed by atoms with E-state index in [-0.39, 0.29) is 17.9 Å². The molecule has 0 aromatic heterocycles. The first-order valence-corrected chi connectivity index (χ1v) is 6.62. The van der Waals surface area contributed by atoms with Gasteiger partial charge in [-0.1, -0.05) is 18.2 Å². The predicted octanol–water partition coefficient (Wildman–Crippen LogP) is 1.84. The van der Waals surface area contributed by atoms with Gasteiger partial charge in [-0.15, -0.1) is 0 Å². The first kappa shape index (κ1) is 14.4. The minimum absolute atomic E-state index is 0.124. The molecule has 0 spiro atoms. The van der Waals surface area contributed by atoms with Crippen LogP contribution in [0.1, 0.15) is 33.6 Å². The van der Waals surface area contributed by atoms with Crippen LogP contribution in [0.2, 0.25) is 0 Å². The second-order valence-corrected chi connectivity index (χ2v) is 4.65. The Morgan fingerprint density at radius 2 is 2.00 bits per heavy atom. The molecule has 1 heterocycles. The van der Waals surface area contributed by atoms with Crippen LogP contribution >= 0.6 is 0 Å². The molecule has 2 rings (SSSR count). The van der Waals surface area contributed by atoms with Crippen LogP contribution in [-0.4, -0.2) is 31.8 Å². The van der Waals surface area contributed by atoms with E-state index in [1.165, 1.54) is 0 Å². The molecular weight excluding hydrogens is 259 g/mol. The number of nitrogens with one attached hydrogen (secondary N) is 2. The van der Waals surface area contributed by atoms with Gasteiger partial charge in [0.2, 0.25) is 0 Å². The SMILES string of the molecule is O=Cc1ccccc1C(=O)NCC(F)=C1CCNCC1. The second kappa shape index (κ2) is 6.96. The Kier molecular flexibility index (Phi) is 5.01. The Morgan fingerprint density at radius 1 is 1.30 bits per heavy atom. The molecule has 1 saturated heterocycles. The zero-order valence-electron chi connectivity index (χ0n) is 11.1. The van der Waals surface area contributed by atoms with Crippen molar-refractivity contribution in [3.8, 4) is 0 Å². The van der Waals surface area contributed by atoms with E-state index in [2.05, 4.69) is 10.6 Å². The van der Waals surface area contributed by atoms with Gasteiger partial charge in [-0.3, -0.25) is 9.59 Å². The van der Waals surface area contributed by atoms with E-state index in [1.807, 2.05) is 0 Å². The third-order valence-corrected chi connectivity index (χ3v) is 3.33. The van der Waals surface area contributed by atoms with E-state index in [1.54, 1.807) is 24.3 Å². The Morgan fingerprint density at radius 3 is 2.70 bits per heavy atom. The van der Waals surface area contributed by atoms with Gasteiger partial charge >= 0.3 is 0 Å². The van der Waals surface area contributed by atoms with Crippen molar-refractivity contribution in [1.82, 2.24) is 10.6 Å². The van der Waals surface area contributed by atoms with Crippen molar-refractivity contribution in [1.29, 1.82) is 0 Å². The zero-order valence-corrected chi connectivity index (χ0v) is 11.1. The number of hydrogen-bond donors (Lipinski definition) is 2. The molecule has 0 bridgehead atoms. The van der Waals surface area contributed by atoms with Crippen molar-refractivity contribution >= 4 is 12.2 Å². The number of amides is 1. The fourth-order valence-electron chi connectivity index (χ4n) is 2.18. The molecule has 1 fully saturated rings. The average molecular weight is 276 g/mol. The fraction of sp³-hybridized carbons (Fsp3) is 0.333. The molecule has 0 unspecified atom stereocenters. The zero-order chi connectivity index (χ0) is 14.4. The third kappa shape index (κ3) is 3.51. The van der Waals surface area contributed by atoms with E-state index in [4.69, 9.17) is 0 Å². The topological polar surface area (TPSA) is 58.2 Å². The smallest absolute Gasteiger partial charge is 0.252 e. The number of rotatable bonds is 4. The molecule has 0 saturated carbocycles. The Hall–Kier alpha value is -2.01. The highest BCUT2D eigenvalue weighted by Gasteiger charge is 2.14. The summed E-state index contributed by atoms with van der Waals surface area (Å²) < 4.78 is 13.9. The summed E-state index contributed by atoms with van der Waals surface area (Å²) >= 11 is 0. The fourth-order valence-corrected chi connectivity index (χ4v) is 2.18. The summed E-state index contributed by atoms with van der Waals surface area (Å²) in [4.78, 5) is 22.8. The van der Waals surface area contributed by atoms with Crippen molar-refractivity contribution in [2.24, 2.45) is 0 Å². The lowest BCUT2D eigenvalue weighted by atomic mass is 10.0. The Bertz CT molecular complexity index is 532. The summed E-state index contributed by atoms with van der Waals surface area (Å²) in [6, 6.07) is 6.46. The summed E-state index contributed by atoms with van der Waals surface area (Å²) in [7, 11) is 0. The van der Waals surface area contributed by atoms with Gasteiger partial charge in [0.05, 0.1) is 6.54 Å². The molecule has 1 aliphatic rings. The van der Waals surface area contributed by atoms with Gasteiger partial charge in [-0.05, 0) is 37.6 Å². The standard InChI is InChI=1S/C15H17FN2O2/c16-14(11-5-7-17-8-6-11)9-18-15(20)13-4-2-1-3-12(13)10-19/h1-4,10,17H,5-9H2,(H,18,20). The average Bonchev–Trinajstić information content (AvgIpc) is 2.53. The number of carbonyl (C=O) groups is 2. The molecule has 1 aromatic carbocycles. The number of carbonyl (C=O) groups excluding carboxylic acids is 2. The minimum Gasteiger partial charge on any atom is -0.346 e. The molecule has 0 aliphatic carbocycles. The van der Waals surface area contributed by atoms with Crippen molar-refractivity contribution in [2.75, 3.05) is 19.6 Å². The molecule has 1 amide bonds. The largest absolute Gasteiger partial charge is 0.346 e. The minimum atomic E-state index is -0.433. The van der Waals surface area contributed by atoms with E-state index < -0.39 is 5.91 Å². The number of hydrogen-bond acceptors (Lipinski definition) is 3. The van der Waals surface area contributed by atoms with E-state index >= 15 is 0 Å². The monoisotopic (exact) mass is 276 g/mol. The van der Waals surface area contributed by atoms with Crippen LogP contribution in [0.25, 0.3) is 0 Å². The Labute approximate surface area is 117 Å². The predicted molar refractivity (Wildman–Crippen MR) is 74.4 cm³/mol. The molecule has 2 N–H and O–H groups in total. The summed E-state index contributed by atoms with van der Waals surface area (Å²) in [6.45, 7) is 1.41.